The molecule has 4 nitrogen and oxygen atoms in total. The van der Waals surface area contributed by atoms with Crippen molar-refractivity contribution in [3.63, 3.8) is 0 Å². The van der Waals surface area contributed by atoms with Crippen molar-refractivity contribution < 1.29 is 0 Å². The van der Waals surface area contributed by atoms with Crippen LogP contribution in [0.5, 0.6) is 0 Å². The summed E-state index contributed by atoms with van der Waals surface area (Å²) in [6, 6.07) is 5.24. The molecule has 0 radical (unpaired) electrons. The highest BCUT2D eigenvalue weighted by molar-refractivity contribution is 7.71. The van der Waals surface area contributed by atoms with Gasteiger partial charge in [-0.15, -0.1) is 0 Å². The van der Waals surface area contributed by atoms with Gasteiger partial charge in [-0.1, -0.05) is 36.2 Å². The van der Waals surface area contributed by atoms with Gasteiger partial charge >= 0.3 is 0 Å². The van der Waals surface area contributed by atoms with Gasteiger partial charge in [-0.2, -0.15) is 14.9 Å². The number of nitrogens with zero attached hydrogens (tertiary/aromatic N) is 3. The zero-order valence-electron chi connectivity index (χ0n) is 10.2. The Morgan fingerprint density at radius 1 is 1.47 bits per heavy atom. The van der Waals surface area contributed by atoms with E-state index in [1.165, 1.54) is 0 Å². The molecule has 0 unspecified atom stereocenters. The Morgan fingerprint density at radius 2 is 2.26 bits per heavy atom. The van der Waals surface area contributed by atoms with Crippen LogP contribution < -0.4 is 0 Å². The van der Waals surface area contributed by atoms with Gasteiger partial charge in [0, 0.05) is 17.0 Å². The van der Waals surface area contributed by atoms with Gasteiger partial charge in [0.2, 0.25) is 4.77 Å². The van der Waals surface area contributed by atoms with E-state index in [9.17, 15) is 0 Å². The zero-order chi connectivity index (χ0) is 13.8. The Balaban J connectivity index is 2.32. The molecule has 0 fully saturated rings. The maximum atomic E-state index is 6.08. The highest BCUT2D eigenvalue weighted by Crippen LogP contribution is 2.19. The van der Waals surface area contributed by atoms with Crippen LogP contribution in [-0.4, -0.2) is 21.1 Å². The van der Waals surface area contributed by atoms with Crippen LogP contribution in [0.4, 0.5) is 0 Å². The third-order valence-electron chi connectivity index (χ3n) is 2.47. The highest BCUT2D eigenvalue weighted by atomic mass is 35.5. The molecule has 1 aromatic heterocycles. The lowest BCUT2D eigenvalue weighted by atomic mass is 10.2. The van der Waals surface area contributed by atoms with Crippen LogP contribution in [0.3, 0.4) is 0 Å². The summed E-state index contributed by atoms with van der Waals surface area (Å²) in [5.41, 5.74) is 0.775. The van der Waals surface area contributed by atoms with Gasteiger partial charge in [-0.25, -0.2) is 0 Å². The summed E-state index contributed by atoms with van der Waals surface area (Å²) in [5.74, 6) is 0.800. The highest BCUT2D eigenvalue weighted by Gasteiger charge is 2.04. The molecule has 100 valence electrons. The molecule has 0 aliphatic carbocycles. The largest absolute Gasteiger partial charge is 0.250 e. The molecule has 0 aliphatic rings. The maximum Gasteiger partial charge on any atom is 0.216 e. The predicted molar refractivity (Wildman–Crippen MR) is 80.9 cm³/mol. The number of rotatable bonds is 4. The van der Waals surface area contributed by atoms with Crippen molar-refractivity contribution in [1.82, 2.24) is 14.9 Å². The zero-order valence-corrected chi connectivity index (χ0v) is 12.6. The molecule has 1 N–H and O–H groups in total. The molecule has 2 rings (SSSR count). The molecular weight excluding hydrogens is 303 g/mol. The van der Waals surface area contributed by atoms with Crippen LogP contribution in [0, 0.1) is 4.77 Å². The number of halogens is 2. The molecule has 0 aliphatic heterocycles. The van der Waals surface area contributed by atoms with Gasteiger partial charge in [0.15, 0.2) is 5.82 Å². The fraction of sp³-hybridized carbons (Fsp3) is 0.250. The van der Waals surface area contributed by atoms with Crippen LogP contribution in [0.25, 0.3) is 0 Å². The number of nitrogens with one attached hydrogen (secondary N) is 1. The fourth-order valence-electron chi connectivity index (χ4n) is 1.55. The van der Waals surface area contributed by atoms with E-state index in [4.69, 9.17) is 35.4 Å². The number of H-pyrrole nitrogens is 1. The first-order valence-corrected chi connectivity index (χ1v) is 6.94. The lowest BCUT2D eigenvalue weighted by Crippen LogP contribution is -1.98. The van der Waals surface area contributed by atoms with E-state index in [1.54, 1.807) is 29.1 Å². The Hall–Kier alpha value is -1.17. The smallest absolute Gasteiger partial charge is 0.216 e. The van der Waals surface area contributed by atoms with Crippen molar-refractivity contribution in [2.45, 2.75) is 19.8 Å². The average molecular weight is 315 g/mol. The second-order valence-electron chi connectivity index (χ2n) is 3.92. The van der Waals surface area contributed by atoms with Crippen molar-refractivity contribution in [3.05, 3.63) is 44.4 Å². The van der Waals surface area contributed by atoms with Crippen molar-refractivity contribution in [2.75, 3.05) is 0 Å². The topological polar surface area (TPSA) is 46.0 Å². The van der Waals surface area contributed by atoms with E-state index in [2.05, 4.69) is 22.2 Å². The van der Waals surface area contributed by atoms with E-state index < -0.39 is 0 Å². The van der Waals surface area contributed by atoms with E-state index in [0.717, 1.165) is 24.2 Å². The fourth-order valence-corrected chi connectivity index (χ4v) is 2.21. The Bertz CT molecular complexity index is 660. The van der Waals surface area contributed by atoms with E-state index in [-0.39, 0.29) is 0 Å². The second kappa shape index (κ2) is 6.32. The summed E-state index contributed by atoms with van der Waals surface area (Å²) >= 11 is 17.1. The van der Waals surface area contributed by atoms with Crippen molar-refractivity contribution in [2.24, 2.45) is 5.10 Å². The molecular formula is C12H12Cl2N4S. The van der Waals surface area contributed by atoms with Crippen molar-refractivity contribution in [3.8, 4) is 0 Å². The Labute approximate surface area is 126 Å². The SMILES string of the molecule is CCCc1n[nH]c(=S)n1/N=C/c1ccc(Cl)cc1Cl. The summed E-state index contributed by atoms with van der Waals surface area (Å²) in [6.45, 7) is 2.07. The molecule has 0 amide bonds. The number of aromatic amines is 1. The Morgan fingerprint density at radius 3 is 2.95 bits per heavy atom. The van der Waals surface area contributed by atoms with Crippen molar-refractivity contribution in [1.29, 1.82) is 0 Å². The van der Waals surface area contributed by atoms with E-state index in [0.29, 0.717) is 14.8 Å². The van der Waals surface area contributed by atoms with Crippen LogP contribution in [0.15, 0.2) is 23.3 Å². The minimum absolute atomic E-state index is 0.463. The molecule has 2 aromatic rings. The lowest BCUT2D eigenvalue weighted by molar-refractivity contribution is 0.740. The van der Waals surface area contributed by atoms with Crippen LogP contribution in [0.1, 0.15) is 24.7 Å². The first-order valence-electron chi connectivity index (χ1n) is 5.77. The average Bonchev–Trinajstić information content (AvgIpc) is 2.70. The summed E-state index contributed by atoms with van der Waals surface area (Å²) in [7, 11) is 0. The Kier molecular flexibility index (Phi) is 4.74. The monoisotopic (exact) mass is 314 g/mol. The van der Waals surface area contributed by atoms with E-state index >= 15 is 0 Å². The first-order chi connectivity index (χ1) is 9.11. The minimum atomic E-state index is 0.463. The summed E-state index contributed by atoms with van der Waals surface area (Å²) in [6.07, 6.45) is 3.42. The van der Waals surface area contributed by atoms with Gasteiger partial charge in [0.05, 0.1) is 11.2 Å². The lowest BCUT2D eigenvalue weighted by Gasteiger charge is -2.00. The van der Waals surface area contributed by atoms with Gasteiger partial charge < -0.3 is 0 Å². The normalized spacial score (nSPS) is 11.3. The second-order valence-corrected chi connectivity index (χ2v) is 5.15. The molecule has 7 heteroatoms. The van der Waals surface area contributed by atoms with Crippen LogP contribution in [-0.2, 0) is 6.42 Å². The number of benzene rings is 1. The third kappa shape index (κ3) is 3.43. The molecule has 1 aromatic carbocycles. The summed E-state index contributed by atoms with van der Waals surface area (Å²) < 4.78 is 2.06. The van der Waals surface area contributed by atoms with Crippen LogP contribution in [0.2, 0.25) is 10.0 Å². The summed E-state index contributed by atoms with van der Waals surface area (Å²) in [5, 5.41) is 12.3. The van der Waals surface area contributed by atoms with E-state index in [1.807, 2.05) is 0 Å². The number of aromatic nitrogens is 3. The minimum Gasteiger partial charge on any atom is -0.250 e. The number of aryl methyl sites for hydroxylation is 1. The predicted octanol–water partition coefficient (Wildman–Crippen LogP) is 4.08. The van der Waals surface area contributed by atoms with Gasteiger partial charge in [-0.05, 0) is 30.8 Å². The van der Waals surface area contributed by atoms with Crippen LogP contribution >= 0.6 is 35.4 Å². The standard InChI is InChI=1S/C12H12Cl2N4S/c1-2-3-11-16-17-12(19)18(11)15-7-8-4-5-9(13)6-10(8)14/h4-7H,2-3H2,1H3,(H,17,19)/b15-7+. The molecule has 0 saturated carbocycles. The molecule has 19 heavy (non-hydrogen) atoms. The maximum absolute atomic E-state index is 6.08. The van der Waals surface area contributed by atoms with Gasteiger partial charge in [-0.3, -0.25) is 5.10 Å². The molecule has 0 spiro atoms. The molecule has 0 bridgehead atoms. The van der Waals surface area contributed by atoms with Gasteiger partial charge in [0.25, 0.3) is 0 Å². The number of hydrogen-bond acceptors (Lipinski definition) is 3. The molecule has 1 heterocycles. The quantitative estimate of drug-likeness (QED) is 0.682. The van der Waals surface area contributed by atoms with Crippen molar-refractivity contribution >= 4 is 41.6 Å². The van der Waals surface area contributed by atoms with Gasteiger partial charge in [0.1, 0.15) is 0 Å². The first kappa shape index (κ1) is 14.2. The third-order valence-corrected chi connectivity index (χ3v) is 3.29. The number of hydrogen-bond donors (Lipinski definition) is 1. The summed E-state index contributed by atoms with van der Waals surface area (Å²) in [4.78, 5) is 0. The molecule has 0 atom stereocenters. The molecule has 0 saturated heterocycles.